The number of anilines is 1. The fraction of sp³-hybridized carbons (Fsp3) is 0.0769. The Hall–Kier alpha value is -1.82. The Morgan fingerprint density at radius 3 is 2.58 bits per heavy atom. The summed E-state index contributed by atoms with van der Waals surface area (Å²) in [4.78, 5) is 16.0. The van der Waals surface area contributed by atoms with Crippen LogP contribution < -0.4 is 5.32 Å². The first-order valence-corrected chi connectivity index (χ1v) is 6.16. The van der Waals surface area contributed by atoms with Crippen LogP contribution in [0.2, 0.25) is 0 Å². The van der Waals surface area contributed by atoms with E-state index in [1.165, 1.54) is 6.07 Å². The molecule has 0 aliphatic heterocycles. The molecule has 2 aromatic rings. The molecule has 1 aromatic carbocycles. The van der Waals surface area contributed by atoms with E-state index in [-0.39, 0.29) is 5.56 Å². The van der Waals surface area contributed by atoms with Crippen molar-refractivity contribution in [3.8, 4) is 0 Å². The summed E-state index contributed by atoms with van der Waals surface area (Å²) >= 11 is 3.21. The average Bonchev–Trinajstić information content (AvgIpc) is 2.36. The van der Waals surface area contributed by atoms with Crippen molar-refractivity contribution in [2.45, 2.75) is 6.92 Å². The van der Waals surface area contributed by atoms with Crippen molar-refractivity contribution < 1.29 is 13.6 Å². The second-order valence-electron chi connectivity index (χ2n) is 3.85. The van der Waals surface area contributed by atoms with Gasteiger partial charge in [0, 0.05) is 5.56 Å². The van der Waals surface area contributed by atoms with Gasteiger partial charge in [-0.25, -0.2) is 13.8 Å². The van der Waals surface area contributed by atoms with E-state index in [1.807, 2.05) is 0 Å². The summed E-state index contributed by atoms with van der Waals surface area (Å²) in [6.45, 7) is 1.73. The summed E-state index contributed by atoms with van der Waals surface area (Å²) in [5.74, 6) is -2.57. The highest BCUT2D eigenvalue weighted by Crippen LogP contribution is 2.17. The van der Waals surface area contributed by atoms with Crippen LogP contribution in [0.15, 0.2) is 34.9 Å². The van der Waals surface area contributed by atoms with Crippen LogP contribution in [-0.4, -0.2) is 10.9 Å². The van der Waals surface area contributed by atoms with Gasteiger partial charge in [-0.05, 0) is 53.2 Å². The molecule has 1 heterocycles. The molecule has 0 saturated heterocycles. The number of aryl methyl sites for hydroxylation is 1. The summed E-state index contributed by atoms with van der Waals surface area (Å²) in [5, 5.41) is 2.59. The standard InChI is InChI=1S/C13H9BrF2N2O/c1-7-11(4-5-12(14)17-7)18-13(19)8-2-3-9(15)10(16)6-8/h2-6H,1H3,(H,18,19). The number of nitrogens with zero attached hydrogens (tertiary/aromatic N) is 1. The molecular formula is C13H9BrF2N2O. The number of pyridine rings is 1. The van der Waals surface area contributed by atoms with E-state index in [0.29, 0.717) is 16.0 Å². The lowest BCUT2D eigenvalue weighted by molar-refractivity contribution is 0.102. The largest absolute Gasteiger partial charge is 0.320 e. The maximum Gasteiger partial charge on any atom is 0.255 e. The minimum Gasteiger partial charge on any atom is -0.320 e. The number of benzene rings is 1. The Bertz CT molecular complexity index is 647. The lowest BCUT2D eigenvalue weighted by atomic mass is 10.2. The van der Waals surface area contributed by atoms with Gasteiger partial charge in [0.1, 0.15) is 4.60 Å². The Morgan fingerprint density at radius 2 is 1.95 bits per heavy atom. The minimum atomic E-state index is -1.06. The molecule has 0 fully saturated rings. The zero-order chi connectivity index (χ0) is 14.0. The van der Waals surface area contributed by atoms with E-state index in [0.717, 1.165) is 12.1 Å². The number of halogens is 3. The van der Waals surface area contributed by atoms with Crippen LogP contribution in [0.4, 0.5) is 14.5 Å². The topological polar surface area (TPSA) is 42.0 Å². The smallest absolute Gasteiger partial charge is 0.255 e. The highest BCUT2D eigenvalue weighted by molar-refractivity contribution is 9.10. The third-order valence-electron chi connectivity index (χ3n) is 2.48. The summed E-state index contributed by atoms with van der Waals surface area (Å²) in [7, 11) is 0. The SMILES string of the molecule is Cc1nc(Br)ccc1NC(=O)c1ccc(F)c(F)c1. The number of hydrogen-bond acceptors (Lipinski definition) is 2. The third kappa shape index (κ3) is 3.14. The molecule has 0 bridgehead atoms. The average molecular weight is 327 g/mol. The lowest BCUT2D eigenvalue weighted by Gasteiger charge is -2.08. The van der Waals surface area contributed by atoms with Gasteiger partial charge in [-0.3, -0.25) is 4.79 Å². The number of nitrogens with one attached hydrogen (secondary N) is 1. The first-order chi connectivity index (χ1) is 8.97. The van der Waals surface area contributed by atoms with Crippen molar-refractivity contribution in [1.29, 1.82) is 0 Å². The zero-order valence-corrected chi connectivity index (χ0v) is 11.5. The van der Waals surface area contributed by atoms with Crippen LogP contribution in [0.1, 0.15) is 16.1 Å². The van der Waals surface area contributed by atoms with Crippen LogP contribution >= 0.6 is 15.9 Å². The molecule has 6 heteroatoms. The number of hydrogen-bond donors (Lipinski definition) is 1. The van der Waals surface area contributed by atoms with E-state index in [2.05, 4.69) is 26.2 Å². The van der Waals surface area contributed by atoms with Crippen molar-refractivity contribution in [3.63, 3.8) is 0 Å². The summed E-state index contributed by atoms with van der Waals surface area (Å²) in [6, 6.07) is 6.33. The second kappa shape index (κ2) is 5.44. The monoisotopic (exact) mass is 326 g/mol. The highest BCUT2D eigenvalue weighted by atomic mass is 79.9. The van der Waals surface area contributed by atoms with Crippen molar-refractivity contribution >= 4 is 27.5 Å². The Kier molecular flexibility index (Phi) is 3.90. The molecule has 0 saturated carbocycles. The zero-order valence-electron chi connectivity index (χ0n) is 9.88. The predicted molar refractivity (Wildman–Crippen MR) is 71.0 cm³/mol. The lowest BCUT2D eigenvalue weighted by Crippen LogP contribution is -2.13. The van der Waals surface area contributed by atoms with Gasteiger partial charge in [0.05, 0.1) is 11.4 Å². The van der Waals surface area contributed by atoms with Gasteiger partial charge in [0.15, 0.2) is 11.6 Å². The van der Waals surface area contributed by atoms with Gasteiger partial charge in [-0.15, -0.1) is 0 Å². The van der Waals surface area contributed by atoms with E-state index in [9.17, 15) is 13.6 Å². The van der Waals surface area contributed by atoms with Crippen molar-refractivity contribution in [2.75, 3.05) is 5.32 Å². The first-order valence-electron chi connectivity index (χ1n) is 5.37. The fourth-order valence-corrected chi connectivity index (χ4v) is 1.89. The molecule has 1 N–H and O–H groups in total. The van der Waals surface area contributed by atoms with Crippen LogP contribution in [0.25, 0.3) is 0 Å². The maximum atomic E-state index is 13.0. The molecule has 0 atom stereocenters. The van der Waals surface area contributed by atoms with Crippen molar-refractivity contribution in [2.24, 2.45) is 0 Å². The van der Waals surface area contributed by atoms with E-state index in [4.69, 9.17) is 0 Å². The van der Waals surface area contributed by atoms with Crippen LogP contribution in [0, 0.1) is 18.6 Å². The van der Waals surface area contributed by atoms with E-state index in [1.54, 1.807) is 19.1 Å². The molecule has 0 radical (unpaired) electrons. The summed E-state index contributed by atoms with van der Waals surface area (Å²) in [6.07, 6.45) is 0. The second-order valence-corrected chi connectivity index (χ2v) is 4.66. The first kappa shape index (κ1) is 13.6. The van der Waals surface area contributed by atoms with Crippen LogP contribution in [-0.2, 0) is 0 Å². The number of carbonyl (C=O) groups excluding carboxylic acids is 1. The van der Waals surface area contributed by atoms with Crippen LogP contribution in [0.5, 0.6) is 0 Å². The highest BCUT2D eigenvalue weighted by Gasteiger charge is 2.11. The molecule has 98 valence electrons. The van der Waals surface area contributed by atoms with Crippen LogP contribution in [0.3, 0.4) is 0 Å². The van der Waals surface area contributed by atoms with Gasteiger partial charge >= 0.3 is 0 Å². The van der Waals surface area contributed by atoms with Gasteiger partial charge in [-0.1, -0.05) is 0 Å². The van der Waals surface area contributed by atoms with Gasteiger partial charge < -0.3 is 5.32 Å². The number of carbonyl (C=O) groups is 1. The molecule has 1 aromatic heterocycles. The molecular weight excluding hydrogens is 318 g/mol. The Labute approximate surface area is 116 Å². The Morgan fingerprint density at radius 1 is 1.21 bits per heavy atom. The number of aromatic nitrogens is 1. The van der Waals surface area contributed by atoms with Gasteiger partial charge in [-0.2, -0.15) is 0 Å². The number of amides is 1. The fourth-order valence-electron chi connectivity index (χ4n) is 1.49. The van der Waals surface area contributed by atoms with Crippen molar-refractivity contribution in [1.82, 2.24) is 4.98 Å². The quantitative estimate of drug-likeness (QED) is 0.855. The van der Waals surface area contributed by atoms with Gasteiger partial charge in [0.2, 0.25) is 0 Å². The van der Waals surface area contributed by atoms with Gasteiger partial charge in [0.25, 0.3) is 5.91 Å². The normalized spacial score (nSPS) is 10.3. The summed E-state index contributed by atoms with van der Waals surface area (Å²) < 4.78 is 26.5. The molecule has 0 aliphatic rings. The predicted octanol–water partition coefficient (Wildman–Crippen LogP) is 3.68. The summed E-state index contributed by atoms with van der Waals surface area (Å²) in [5.41, 5.74) is 1.17. The van der Waals surface area contributed by atoms with Crippen molar-refractivity contribution in [3.05, 3.63) is 57.8 Å². The number of rotatable bonds is 2. The molecule has 0 unspecified atom stereocenters. The van der Waals surface area contributed by atoms with E-state index >= 15 is 0 Å². The molecule has 3 nitrogen and oxygen atoms in total. The molecule has 1 amide bonds. The molecule has 2 rings (SSSR count). The Balaban J connectivity index is 2.23. The maximum absolute atomic E-state index is 13.0. The minimum absolute atomic E-state index is 0.0428. The molecule has 0 aliphatic carbocycles. The molecule has 19 heavy (non-hydrogen) atoms. The third-order valence-corrected chi connectivity index (χ3v) is 2.92. The van der Waals surface area contributed by atoms with E-state index < -0.39 is 17.5 Å². The molecule has 0 spiro atoms.